The van der Waals surface area contributed by atoms with Crippen LogP contribution in [0.4, 0.5) is 0 Å². The van der Waals surface area contributed by atoms with Gasteiger partial charge in [-0.25, -0.2) is 0 Å². The summed E-state index contributed by atoms with van der Waals surface area (Å²) in [6.07, 6.45) is 0.961. The van der Waals surface area contributed by atoms with Crippen molar-refractivity contribution in [3.8, 4) is 0 Å². The van der Waals surface area contributed by atoms with Gasteiger partial charge in [0.25, 0.3) is 5.91 Å². The summed E-state index contributed by atoms with van der Waals surface area (Å²) in [4.78, 5) is 14.0. The largest absolute Gasteiger partial charge is 0.339 e. The summed E-state index contributed by atoms with van der Waals surface area (Å²) >= 11 is 6.08. The van der Waals surface area contributed by atoms with Gasteiger partial charge >= 0.3 is 0 Å². The first-order valence-corrected chi connectivity index (χ1v) is 6.03. The molecule has 0 aliphatic carbocycles. The third-order valence-electron chi connectivity index (χ3n) is 2.52. The summed E-state index contributed by atoms with van der Waals surface area (Å²) in [6, 6.07) is 5.55. The van der Waals surface area contributed by atoms with E-state index in [0.29, 0.717) is 10.6 Å². The summed E-state index contributed by atoms with van der Waals surface area (Å²) in [7, 11) is 0. The molecule has 0 atom stereocenters. The molecule has 0 bridgehead atoms. The van der Waals surface area contributed by atoms with Crippen molar-refractivity contribution >= 4 is 17.5 Å². The molecule has 0 saturated heterocycles. The Balaban J connectivity index is 2.94. The van der Waals surface area contributed by atoms with Crippen molar-refractivity contribution in [2.75, 3.05) is 13.1 Å². The minimum atomic E-state index is 0.0225. The molecule has 0 saturated carbocycles. The van der Waals surface area contributed by atoms with Crippen LogP contribution in [-0.2, 0) is 0 Å². The molecule has 3 heteroatoms. The molecule has 2 nitrogen and oxygen atoms in total. The number of amides is 1. The van der Waals surface area contributed by atoms with Crippen molar-refractivity contribution in [2.45, 2.75) is 27.2 Å². The fourth-order valence-electron chi connectivity index (χ4n) is 1.64. The van der Waals surface area contributed by atoms with Gasteiger partial charge in [0, 0.05) is 13.1 Å². The van der Waals surface area contributed by atoms with Gasteiger partial charge < -0.3 is 4.90 Å². The number of halogens is 1. The molecule has 0 N–H and O–H groups in total. The van der Waals surface area contributed by atoms with Crippen molar-refractivity contribution in [1.29, 1.82) is 0 Å². The van der Waals surface area contributed by atoms with Gasteiger partial charge in [-0.2, -0.15) is 0 Å². The second-order valence-corrected chi connectivity index (χ2v) is 4.28. The SMILES string of the molecule is CCCN(CC)C(=O)c1ccc(C)cc1Cl. The number of aryl methyl sites for hydroxylation is 1. The minimum Gasteiger partial charge on any atom is -0.339 e. The van der Waals surface area contributed by atoms with E-state index in [9.17, 15) is 4.79 Å². The van der Waals surface area contributed by atoms with Gasteiger partial charge in [0.2, 0.25) is 0 Å². The predicted molar refractivity (Wildman–Crippen MR) is 68.1 cm³/mol. The standard InChI is InChI=1S/C13H18ClNO/c1-4-8-15(5-2)13(16)11-7-6-10(3)9-12(11)14/h6-7,9H,4-5,8H2,1-3H3. The smallest absolute Gasteiger partial charge is 0.255 e. The summed E-state index contributed by atoms with van der Waals surface area (Å²) in [5.74, 6) is 0.0225. The third kappa shape index (κ3) is 2.99. The first-order chi connectivity index (χ1) is 7.60. The molecule has 0 radical (unpaired) electrons. The number of hydrogen-bond donors (Lipinski definition) is 0. The molecule has 1 aromatic rings. The summed E-state index contributed by atoms with van der Waals surface area (Å²) < 4.78 is 0. The Kier molecular flexibility index (Phi) is 4.81. The number of carbonyl (C=O) groups is 1. The van der Waals surface area contributed by atoms with Gasteiger partial charge in [0.05, 0.1) is 10.6 Å². The van der Waals surface area contributed by atoms with Gasteiger partial charge in [-0.3, -0.25) is 4.79 Å². The molecule has 0 aliphatic heterocycles. The quantitative estimate of drug-likeness (QED) is 0.787. The fraction of sp³-hybridized carbons (Fsp3) is 0.462. The first-order valence-electron chi connectivity index (χ1n) is 5.65. The van der Waals surface area contributed by atoms with E-state index >= 15 is 0 Å². The summed E-state index contributed by atoms with van der Waals surface area (Å²) in [5, 5.41) is 0.541. The Morgan fingerprint density at radius 2 is 2.06 bits per heavy atom. The van der Waals surface area contributed by atoms with Crippen molar-refractivity contribution in [3.63, 3.8) is 0 Å². The Bertz CT molecular complexity index is 376. The molecule has 0 fully saturated rings. The summed E-state index contributed by atoms with van der Waals surface area (Å²) in [6.45, 7) is 7.50. The number of rotatable bonds is 4. The maximum absolute atomic E-state index is 12.1. The highest BCUT2D eigenvalue weighted by molar-refractivity contribution is 6.33. The predicted octanol–water partition coefficient (Wildman–Crippen LogP) is 3.52. The molecule has 1 aromatic carbocycles. The van der Waals surface area contributed by atoms with E-state index in [2.05, 4.69) is 6.92 Å². The van der Waals surface area contributed by atoms with Crippen LogP contribution in [0.2, 0.25) is 5.02 Å². The van der Waals surface area contributed by atoms with E-state index in [1.807, 2.05) is 30.9 Å². The Labute approximate surface area is 102 Å². The lowest BCUT2D eigenvalue weighted by atomic mass is 10.1. The number of benzene rings is 1. The molecule has 0 heterocycles. The molecule has 1 amide bonds. The van der Waals surface area contributed by atoms with Crippen LogP contribution in [0.5, 0.6) is 0 Å². The summed E-state index contributed by atoms with van der Waals surface area (Å²) in [5.41, 5.74) is 1.67. The molecule has 88 valence electrons. The van der Waals surface area contributed by atoms with Crippen LogP contribution in [0.25, 0.3) is 0 Å². The average molecular weight is 240 g/mol. The van der Waals surface area contributed by atoms with Crippen LogP contribution >= 0.6 is 11.6 Å². The second-order valence-electron chi connectivity index (χ2n) is 3.87. The Morgan fingerprint density at radius 3 is 2.56 bits per heavy atom. The van der Waals surface area contributed by atoms with Gasteiger partial charge in [-0.05, 0) is 38.0 Å². The molecule has 0 spiro atoms. The van der Waals surface area contributed by atoms with Gasteiger partial charge in [-0.15, -0.1) is 0 Å². The maximum Gasteiger partial charge on any atom is 0.255 e. The molecular weight excluding hydrogens is 222 g/mol. The van der Waals surface area contributed by atoms with Crippen molar-refractivity contribution in [2.24, 2.45) is 0 Å². The minimum absolute atomic E-state index is 0.0225. The maximum atomic E-state index is 12.1. The topological polar surface area (TPSA) is 20.3 Å². The van der Waals surface area contributed by atoms with Crippen LogP contribution < -0.4 is 0 Å². The molecule has 1 rings (SSSR count). The normalized spacial score (nSPS) is 10.2. The number of nitrogens with zero attached hydrogens (tertiary/aromatic N) is 1. The van der Waals surface area contributed by atoms with Crippen molar-refractivity contribution < 1.29 is 4.79 Å². The van der Waals surface area contributed by atoms with Crippen LogP contribution in [0.3, 0.4) is 0 Å². The van der Waals surface area contributed by atoms with E-state index < -0.39 is 0 Å². The molecule has 0 unspecified atom stereocenters. The van der Waals surface area contributed by atoms with Crippen molar-refractivity contribution in [1.82, 2.24) is 4.90 Å². The van der Waals surface area contributed by atoms with E-state index in [1.165, 1.54) is 0 Å². The molecule has 0 aromatic heterocycles. The average Bonchev–Trinajstić information content (AvgIpc) is 2.25. The fourth-order valence-corrected chi connectivity index (χ4v) is 1.95. The highest BCUT2D eigenvalue weighted by atomic mass is 35.5. The molecule has 0 aliphatic rings. The van der Waals surface area contributed by atoms with Gasteiger partial charge in [0.1, 0.15) is 0 Å². The highest BCUT2D eigenvalue weighted by Gasteiger charge is 2.15. The van der Waals surface area contributed by atoms with Gasteiger partial charge in [0.15, 0.2) is 0 Å². The van der Waals surface area contributed by atoms with Crippen LogP contribution in [0, 0.1) is 6.92 Å². The highest BCUT2D eigenvalue weighted by Crippen LogP contribution is 2.19. The van der Waals surface area contributed by atoms with Crippen LogP contribution in [0.15, 0.2) is 18.2 Å². The number of hydrogen-bond acceptors (Lipinski definition) is 1. The zero-order valence-corrected chi connectivity index (χ0v) is 10.8. The van der Waals surface area contributed by atoms with Crippen LogP contribution in [-0.4, -0.2) is 23.9 Å². The van der Waals surface area contributed by atoms with Crippen LogP contribution in [0.1, 0.15) is 36.2 Å². The van der Waals surface area contributed by atoms with E-state index in [1.54, 1.807) is 6.07 Å². The third-order valence-corrected chi connectivity index (χ3v) is 2.83. The Hall–Kier alpha value is -1.02. The lowest BCUT2D eigenvalue weighted by Gasteiger charge is -2.20. The zero-order chi connectivity index (χ0) is 12.1. The zero-order valence-electron chi connectivity index (χ0n) is 10.1. The lowest BCUT2D eigenvalue weighted by Crippen LogP contribution is -2.31. The monoisotopic (exact) mass is 239 g/mol. The Morgan fingerprint density at radius 1 is 1.38 bits per heavy atom. The number of carbonyl (C=O) groups excluding carboxylic acids is 1. The van der Waals surface area contributed by atoms with E-state index in [4.69, 9.17) is 11.6 Å². The van der Waals surface area contributed by atoms with E-state index in [-0.39, 0.29) is 5.91 Å². The van der Waals surface area contributed by atoms with Crippen molar-refractivity contribution in [3.05, 3.63) is 34.3 Å². The molecule has 16 heavy (non-hydrogen) atoms. The van der Waals surface area contributed by atoms with E-state index in [0.717, 1.165) is 25.1 Å². The van der Waals surface area contributed by atoms with Gasteiger partial charge in [-0.1, -0.05) is 24.6 Å². The first kappa shape index (κ1) is 13.0. The lowest BCUT2D eigenvalue weighted by molar-refractivity contribution is 0.0764. The molecular formula is C13H18ClNO. The second kappa shape index (κ2) is 5.90.